The van der Waals surface area contributed by atoms with Crippen LogP contribution in [-0.2, 0) is 9.53 Å². The van der Waals surface area contributed by atoms with Gasteiger partial charge in [-0.2, -0.15) is 0 Å². The molecule has 3 unspecified atom stereocenters. The maximum atomic E-state index is 12.2. The van der Waals surface area contributed by atoms with Crippen molar-refractivity contribution in [1.29, 1.82) is 0 Å². The minimum absolute atomic E-state index is 0.224. The van der Waals surface area contributed by atoms with Crippen LogP contribution in [0.4, 0.5) is 0 Å². The minimum Gasteiger partial charge on any atom is -0.385 e. The van der Waals surface area contributed by atoms with E-state index in [0.717, 1.165) is 26.0 Å². The molecule has 2 saturated heterocycles. The van der Waals surface area contributed by atoms with Crippen LogP contribution in [0.15, 0.2) is 0 Å². The lowest BCUT2D eigenvalue weighted by Crippen LogP contribution is -2.40. The maximum absolute atomic E-state index is 12.2. The van der Waals surface area contributed by atoms with Gasteiger partial charge in [-0.25, -0.2) is 0 Å². The Morgan fingerprint density at radius 2 is 2.28 bits per heavy atom. The fourth-order valence-electron chi connectivity index (χ4n) is 3.53. The predicted octanol–water partition coefficient (Wildman–Crippen LogP) is 1.06. The smallest absolute Gasteiger partial charge is 0.224 e. The van der Waals surface area contributed by atoms with Gasteiger partial charge >= 0.3 is 0 Å². The number of hydrogen-bond donors (Lipinski definition) is 2. The number of carbonyl (C=O) groups is 1. The molecule has 0 spiro atoms. The number of amides is 1. The van der Waals surface area contributed by atoms with Gasteiger partial charge in [0.2, 0.25) is 5.91 Å². The summed E-state index contributed by atoms with van der Waals surface area (Å²) < 4.78 is 5.14. The van der Waals surface area contributed by atoms with Gasteiger partial charge in [0.15, 0.2) is 0 Å². The van der Waals surface area contributed by atoms with Gasteiger partial charge in [-0.1, -0.05) is 0 Å². The van der Waals surface area contributed by atoms with Gasteiger partial charge in [-0.3, -0.25) is 4.79 Å². The Bertz CT molecular complexity index is 328. The molecular formula is C14H24N2O2. The summed E-state index contributed by atoms with van der Waals surface area (Å²) in [7, 11) is 1.75. The normalized spacial score (nSPS) is 35.7. The van der Waals surface area contributed by atoms with Gasteiger partial charge in [0.1, 0.15) is 0 Å². The second kappa shape index (κ2) is 4.82. The number of hydrogen-bond acceptors (Lipinski definition) is 3. The van der Waals surface area contributed by atoms with Crippen LogP contribution in [0, 0.1) is 11.3 Å². The zero-order valence-corrected chi connectivity index (χ0v) is 11.2. The lowest BCUT2D eigenvalue weighted by molar-refractivity contribution is -0.125. The summed E-state index contributed by atoms with van der Waals surface area (Å²) in [6, 6.07) is 1.05. The van der Waals surface area contributed by atoms with Crippen LogP contribution in [0.3, 0.4) is 0 Å². The fraction of sp³-hybridized carbons (Fsp3) is 0.929. The van der Waals surface area contributed by atoms with Gasteiger partial charge < -0.3 is 15.4 Å². The van der Waals surface area contributed by atoms with E-state index in [2.05, 4.69) is 10.6 Å². The summed E-state index contributed by atoms with van der Waals surface area (Å²) in [5.74, 6) is 0.500. The van der Waals surface area contributed by atoms with Crippen LogP contribution < -0.4 is 10.6 Å². The molecule has 1 amide bonds. The third-order valence-electron chi connectivity index (χ3n) is 5.07. The number of rotatable bonds is 6. The molecule has 3 atom stereocenters. The molecule has 3 rings (SSSR count). The molecule has 2 heterocycles. The van der Waals surface area contributed by atoms with E-state index < -0.39 is 0 Å². The van der Waals surface area contributed by atoms with Crippen LogP contribution >= 0.6 is 0 Å². The molecule has 4 heteroatoms. The second-order valence-electron chi connectivity index (χ2n) is 6.35. The Morgan fingerprint density at radius 3 is 2.83 bits per heavy atom. The lowest BCUT2D eigenvalue weighted by Gasteiger charge is -2.22. The number of nitrogens with one attached hydrogen (secondary N) is 2. The monoisotopic (exact) mass is 252 g/mol. The van der Waals surface area contributed by atoms with Crippen molar-refractivity contribution in [3.63, 3.8) is 0 Å². The Hall–Kier alpha value is -0.610. The highest BCUT2D eigenvalue weighted by atomic mass is 16.5. The molecule has 2 N–H and O–H groups in total. The van der Waals surface area contributed by atoms with E-state index in [1.807, 2.05) is 0 Å². The van der Waals surface area contributed by atoms with E-state index in [-0.39, 0.29) is 11.8 Å². The Kier molecular flexibility index (Phi) is 3.32. The number of methoxy groups -OCH3 is 1. The molecule has 2 bridgehead atoms. The molecule has 1 aliphatic carbocycles. The van der Waals surface area contributed by atoms with Crippen molar-refractivity contribution in [2.75, 3.05) is 20.3 Å². The predicted molar refractivity (Wildman–Crippen MR) is 69.2 cm³/mol. The molecule has 3 fully saturated rings. The first-order chi connectivity index (χ1) is 8.72. The van der Waals surface area contributed by atoms with E-state index in [0.29, 0.717) is 17.5 Å². The van der Waals surface area contributed by atoms with E-state index in [4.69, 9.17) is 4.74 Å². The molecule has 0 aromatic rings. The zero-order valence-electron chi connectivity index (χ0n) is 11.2. The van der Waals surface area contributed by atoms with Crippen LogP contribution in [0.25, 0.3) is 0 Å². The van der Waals surface area contributed by atoms with Crippen LogP contribution in [-0.4, -0.2) is 38.3 Å². The van der Waals surface area contributed by atoms with Crippen LogP contribution in [0.2, 0.25) is 0 Å². The maximum Gasteiger partial charge on any atom is 0.224 e. The van der Waals surface area contributed by atoms with Crippen molar-refractivity contribution in [2.45, 2.75) is 50.6 Å². The molecule has 1 saturated carbocycles. The van der Waals surface area contributed by atoms with Gasteiger partial charge in [0, 0.05) is 32.3 Å². The van der Waals surface area contributed by atoms with Crippen molar-refractivity contribution in [1.82, 2.24) is 10.6 Å². The Labute approximate surface area is 109 Å². The molecular weight excluding hydrogens is 228 g/mol. The molecule has 3 aliphatic rings. The summed E-state index contributed by atoms with van der Waals surface area (Å²) in [5, 5.41) is 6.71. The number of fused-ring (bicyclic) bond motifs is 2. The minimum atomic E-state index is 0.224. The van der Waals surface area contributed by atoms with E-state index in [1.54, 1.807) is 7.11 Å². The Morgan fingerprint density at radius 1 is 1.44 bits per heavy atom. The van der Waals surface area contributed by atoms with Crippen LogP contribution in [0.1, 0.15) is 38.5 Å². The van der Waals surface area contributed by atoms with Crippen molar-refractivity contribution < 1.29 is 9.53 Å². The summed E-state index contributed by atoms with van der Waals surface area (Å²) in [6.45, 7) is 1.66. The molecule has 0 aromatic heterocycles. The van der Waals surface area contributed by atoms with Gasteiger partial charge in [-0.15, -0.1) is 0 Å². The lowest BCUT2D eigenvalue weighted by atomic mass is 9.88. The highest BCUT2D eigenvalue weighted by Gasteiger charge is 2.45. The van der Waals surface area contributed by atoms with E-state index in [1.165, 1.54) is 25.7 Å². The molecule has 18 heavy (non-hydrogen) atoms. The molecule has 102 valence electrons. The zero-order chi connectivity index (χ0) is 12.6. The number of carbonyl (C=O) groups excluding carboxylic acids is 1. The first kappa shape index (κ1) is 12.4. The first-order valence-corrected chi connectivity index (χ1v) is 7.25. The number of ether oxygens (including phenoxy) is 1. The van der Waals surface area contributed by atoms with Crippen molar-refractivity contribution in [2.24, 2.45) is 11.3 Å². The average molecular weight is 252 g/mol. The summed E-state index contributed by atoms with van der Waals surface area (Å²) in [6.07, 6.45) is 7.04. The molecule has 0 radical (unpaired) electrons. The SMILES string of the molecule is COCCC1(CNC(=O)C2CC3CCC2N3)CC1. The molecule has 0 aromatic carbocycles. The van der Waals surface area contributed by atoms with Gasteiger partial charge in [0.05, 0.1) is 5.92 Å². The van der Waals surface area contributed by atoms with Gasteiger partial charge in [0.25, 0.3) is 0 Å². The summed E-state index contributed by atoms with van der Waals surface area (Å²) in [5.41, 5.74) is 0.358. The second-order valence-corrected chi connectivity index (χ2v) is 6.35. The quantitative estimate of drug-likeness (QED) is 0.743. The topological polar surface area (TPSA) is 50.4 Å². The first-order valence-electron chi connectivity index (χ1n) is 7.25. The fourth-order valence-corrected chi connectivity index (χ4v) is 3.53. The van der Waals surface area contributed by atoms with Crippen molar-refractivity contribution in [3.05, 3.63) is 0 Å². The Balaban J connectivity index is 1.44. The van der Waals surface area contributed by atoms with Crippen LogP contribution in [0.5, 0.6) is 0 Å². The van der Waals surface area contributed by atoms with E-state index >= 15 is 0 Å². The summed E-state index contributed by atoms with van der Waals surface area (Å²) in [4.78, 5) is 12.2. The highest BCUT2D eigenvalue weighted by molar-refractivity contribution is 5.80. The molecule has 4 nitrogen and oxygen atoms in total. The van der Waals surface area contributed by atoms with E-state index in [9.17, 15) is 4.79 Å². The van der Waals surface area contributed by atoms with Crippen molar-refractivity contribution in [3.8, 4) is 0 Å². The third-order valence-corrected chi connectivity index (χ3v) is 5.07. The standard InChI is InChI=1S/C14H24N2O2/c1-18-7-6-14(4-5-14)9-15-13(17)11-8-10-2-3-12(11)16-10/h10-12,16H,2-9H2,1H3,(H,15,17). The molecule has 2 aliphatic heterocycles. The third kappa shape index (κ3) is 2.41. The van der Waals surface area contributed by atoms with Crippen molar-refractivity contribution >= 4 is 5.91 Å². The van der Waals surface area contributed by atoms with Gasteiger partial charge in [-0.05, 0) is 43.9 Å². The average Bonchev–Trinajstić information content (AvgIpc) is 2.84. The largest absolute Gasteiger partial charge is 0.385 e. The summed E-state index contributed by atoms with van der Waals surface area (Å²) >= 11 is 0. The highest BCUT2D eigenvalue weighted by Crippen LogP contribution is 2.48.